The second kappa shape index (κ2) is 8.20. The molecule has 0 saturated heterocycles. The summed E-state index contributed by atoms with van der Waals surface area (Å²) in [4.78, 5) is 0. The highest BCUT2D eigenvalue weighted by molar-refractivity contribution is 5.21. The Balaban J connectivity index is 2.70. The molecule has 1 rings (SSSR count). The van der Waals surface area contributed by atoms with E-state index in [2.05, 4.69) is 19.2 Å². The molecule has 0 spiro atoms. The van der Waals surface area contributed by atoms with Crippen LogP contribution in [0.2, 0.25) is 0 Å². The van der Waals surface area contributed by atoms with Gasteiger partial charge in [-0.3, -0.25) is 0 Å². The molecule has 102 valence electrons. The molecule has 18 heavy (non-hydrogen) atoms. The number of hydrogen-bond acceptors (Lipinski definition) is 1. The number of nitrogens with one attached hydrogen (secondary N) is 1. The second-order valence-electron chi connectivity index (χ2n) is 4.68. The van der Waals surface area contributed by atoms with Crippen LogP contribution < -0.4 is 5.32 Å². The third-order valence-corrected chi connectivity index (χ3v) is 3.08. The molecule has 0 aliphatic rings. The summed E-state index contributed by atoms with van der Waals surface area (Å²) in [6.07, 6.45) is 5.45. The fraction of sp³-hybridized carbons (Fsp3) is 0.600. The van der Waals surface area contributed by atoms with Crippen LogP contribution in [0.1, 0.15) is 57.6 Å². The first-order valence-corrected chi connectivity index (χ1v) is 6.87. The predicted molar refractivity (Wildman–Crippen MR) is 71.5 cm³/mol. The molecule has 1 atom stereocenters. The van der Waals surface area contributed by atoms with E-state index in [1.807, 2.05) is 0 Å². The number of rotatable bonds is 8. The van der Waals surface area contributed by atoms with E-state index in [4.69, 9.17) is 0 Å². The number of unbranched alkanes of at least 4 members (excludes halogenated alkanes) is 2. The minimum Gasteiger partial charge on any atom is -0.310 e. The SMILES string of the molecule is CCCCCC(NCCC)c1ccc(F)c(F)c1. The molecular formula is C15H23F2N. The normalized spacial score (nSPS) is 12.7. The zero-order chi connectivity index (χ0) is 13.4. The quantitative estimate of drug-likeness (QED) is 0.670. The van der Waals surface area contributed by atoms with E-state index in [9.17, 15) is 8.78 Å². The smallest absolute Gasteiger partial charge is 0.159 e. The van der Waals surface area contributed by atoms with Crippen LogP contribution in [0, 0.1) is 11.6 Å². The fourth-order valence-corrected chi connectivity index (χ4v) is 2.03. The highest BCUT2D eigenvalue weighted by Crippen LogP contribution is 2.21. The van der Waals surface area contributed by atoms with Crippen LogP contribution in [0.5, 0.6) is 0 Å². The van der Waals surface area contributed by atoms with Gasteiger partial charge in [-0.1, -0.05) is 39.2 Å². The molecule has 0 aromatic heterocycles. The lowest BCUT2D eigenvalue weighted by molar-refractivity contribution is 0.464. The first kappa shape index (κ1) is 15.1. The summed E-state index contributed by atoms with van der Waals surface area (Å²) in [6, 6.07) is 4.34. The molecule has 0 bridgehead atoms. The number of hydrogen-bond donors (Lipinski definition) is 1. The van der Waals surface area contributed by atoms with Crippen LogP contribution in [0.4, 0.5) is 8.78 Å². The molecule has 1 nitrogen and oxygen atoms in total. The van der Waals surface area contributed by atoms with Crippen LogP contribution in [0.3, 0.4) is 0 Å². The van der Waals surface area contributed by atoms with Gasteiger partial charge in [-0.05, 0) is 37.1 Å². The van der Waals surface area contributed by atoms with Crippen LogP contribution in [-0.4, -0.2) is 6.54 Å². The Morgan fingerprint density at radius 1 is 1.06 bits per heavy atom. The van der Waals surface area contributed by atoms with Crippen LogP contribution in [0.15, 0.2) is 18.2 Å². The molecule has 0 aliphatic heterocycles. The van der Waals surface area contributed by atoms with Crippen molar-refractivity contribution in [1.29, 1.82) is 0 Å². The maximum absolute atomic E-state index is 13.2. The topological polar surface area (TPSA) is 12.0 Å². The van der Waals surface area contributed by atoms with Crippen molar-refractivity contribution < 1.29 is 8.78 Å². The lowest BCUT2D eigenvalue weighted by atomic mass is 10.00. The van der Waals surface area contributed by atoms with Gasteiger partial charge in [-0.2, -0.15) is 0 Å². The van der Waals surface area contributed by atoms with E-state index in [1.54, 1.807) is 6.07 Å². The van der Waals surface area contributed by atoms with Crippen molar-refractivity contribution in [2.45, 2.75) is 52.0 Å². The summed E-state index contributed by atoms with van der Waals surface area (Å²) in [7, 11) is 0. The van der Waals surface area contributed by atoms with Gasteiger partial charge in [0, 0.05) is 6.04 Å². The van der Waals surface area contributed by atoms with Gasteiger partial charge >= 0.3 is 0 Å². The van der Waals surface area contributed by atoms with Crippen molar-refractivity contribution in [2.24, 2.45) is 0 Å². The highest BCUT2D eigenvalue weighted by Gasteiger charge is 2.12. The third-order valence-electron chi connectivity index (χ3n) is 3.08. The monoisotopic (exact) mass is 255 g/mol. The lowest BCUT2D eigenvalue weighted by Gasteiger charge is -2.19. The van der Waals surface area contributed by atoms with Gasteiger partial charge in [0.05, 0.1) is 0 Å². The van der Waals surface area contributed by atoms with Crippen molar-refractivity contribution >= 4 is 0 Å². The van der Waals surface area contributed by atoms with Gasteiger partial charge in [0.2, 0.25) is 0 Å². The minimum absolute atomic E-state index is 0.131. The standard InChI is InChI=1S/C15H23F2N/c1-3-5-6-7-15(18-10-4-2)12-8-9-13(16)14(17)11-12/h8-9,11,15,18H,3-7,10H2,1-2H3. The maximum atomic E-state index is 13.2. The summed E-state index contributed by atoms with van der Waals surface area (Å²) in [5.41, 5.74) is 0.846. The van der Waals surface area contributed by atoms with Crippen molar-refractivity contribution in [3.63, 3.8) is 0 Å². The zero-order valence-corrected chi connectivity index (χ0v) is 11.3. The summed E-state index contributed by atoms with van der Waals surface area (Å²) >= 11 is 0. The Labute approximate surface area is 109 Å². The molecule has 3 heteroatoms. The van der Waals surface area contributed by atoms with Gasteiger partial charge in [0.25, 0.3) is 0 Å². The van der Waals surface area contributed by atoms with E-state index in [-0.39, 0.29) is 6.04 Å². The molecule has 0 fully saturated rings. The summed E-state index contributed by atoms with van der Waals surface area (Å²) in [5, 5.41) is 3.40. The molecule has 1 aromatic carbocycles. The first-order valence-electron chi connectivity index (χ1n) is 6.87. The first-order chi connectivity index (χ1) is 8.69. The van der Waals surface area contributed by atoms with E-state index < -0.39 is 11.6 Å². The molecule has 0 radical (unpaired) electrons. The predicted octanol–water partition coefficient (Wildman–Crippen LogP) is 4.59. The highest BCUT2D eigenvalue weighted by atomic mass is 19.2. The minimum atomic E-state index is -0.776. The van der Waals surface area contributed by atoms with Crippen molar-refractivity contribution in [2.75, 3.05) is 6.54 Å². The third kappa shape index (κ3) is 4.73. The summed E-state index contributed by atoms with van der Waals surface area (Å²) in [6.45, 7) is 5.16. The van der Waals surface area contributed by atoms with E-state index in [0.29, 0.717) is 0 Å². The van der Waals surface area contributed by atoms with Gasteiger partial charge in [0.15, 0.2) is 11.6 Å². The van der Waals surface area contributed by atoms with Gasteiger partial charge < -0.3 is 5.32 Å². The average Bonchev–Trinajstić information content (AvgIpc) is 2.37. The molecular weight excluding hydrogens is 232 g/mol. The van der Waals surface area contributed by atoms with Gasteiger partial charge in [0.1, 0.15) is 0 Å². The summed E-state index contributed by atoms with van der Waals surface area (Å²) in [5.74, 6) is -1.53. The molecule has 1 unspecified atom stereocenters. The van der Waals surface area contributed by atoms with Crippen LogP contribution in [0.25, 0.3) is 0 Å². The van der Waals surface area contributed by atoms with Crippen LogP contribution >= 0.6 is 0 Å². The zero-order valence-electron chi connectivity index (χ0n) is 11.3. The van der Waals surface area contributed by atoms with Crippen LogP contribution in [-0.2, 0) is 0 Å². The molecule has 0 aliphatic carbocycles. The Kier molecular flexibility index (Phi) is 6.88. The molecule has 1 N–H and O–H groups in total. The Morgan fingerprint density at radius 3 is 2.44 bits per heavy atom. The van der Waals surface area contributed by atoms with Crippen molar-refractivity contribution in [3.8, 4) is 0 Å². The summed E-state index contributed by atoms with van der Waals surface area (Å²) < 4.78 is 26.2. The Hall–Kier alpha value is -0.960. The van der Waals surface area contributed by atoms with Crippen molar-refractivity contribution in [1.82, 2.24) is 5.32 Å². The largest absolute Gasteiger partial charge is 0.310 e. The maximum Gasteiger partial charge on any atom is 0.159 e. The molecule has 0 amide bonds. The number of benzene rings is 1. The van der Waals surface area contributed by atoms with E-state index in [1.165, 1.54) is 18.6 Å². The van der Waals surface area contributed by atoms with E-state index in [0.717, 1.165) is 37.8 Å². The number of halogens is 2. The Morgan fingerprint density at radius 2 is 1.83 bits per heavy atom. The molecule has 0 heterocycles. The molecule has 0 saturated carbocycles. The Bertz CT molecular complexity index is 352. The average molecular weight is 255 g/mol. The lowest BCUT2D eigenvalue weighted by Crippen LogP contribution is -2.22. The molecule has 1 aromatic rings. The second-order valence-corrected chi connectivity index (χ2v) is 4.68. The van der Waals surface area contributed by atoms with Crippen molar-refractivity contribution in [3.05, 3.63) is 35.4 Å². The van der Waals surface area contributed by atoms with Gasteiger partial charge in [-0.15, -0.1) is 0 Å². The van der Waals surface area contributed by atoms with E-state index >= 15 is 0 Å². The fourth-order valence-electron chi connectivity index (χ4n) is 2.03. The van der Waals surface area contributed by atoms with Gasteiger partial charge in [-0.25, -0.2) is 8.78 Å².